The van der Waals surface area contributed by atoms with Crippen molar-refractivity contribution in [2.75, 3.05) is 43.4 Å². The lowest BCUT2D eigenvalue weighted by Gasteiger charge is -2.26. The van der Waals surface area contributed by atoms with Crippen molar-refractivity contribution in [2.24, 2.45) is 0 Å². The van der Waals surface area contributed by atoms with Crippen molar-refractivity contribution < 1.29 is 22.3 Å². The average molecular weight is 470 g/mol. The van der Waals surface area contributed by atoms with E-state index in [2.05, 4.69) is 10.2 Å². The molecule has 1 aliphatic heterocycles. The fraction of sp³-hybridized carbons (Fsp3) is 0.381. The summed E-state index contributed by atoms with van der Waals surface area (Å²) in [6.45, 7) is 3.99. The van der Waals surface area contributed by atoms with E-state index in [0.29, 0.717) is 0 Å². The lowest BCUT2D eigenvalue weighted by atomic mass is 10.1. The molecule has 0 aromatic heterocycles. The van der Waals surface area contributed by atoms with E-state index in [1.807, 2.05) is 24.3 Å². The van der Waals surface area contributed by atoms with Crippen LogP contribution in [0.2, 0.25) is 5.02 Å². The molecule has 31 heavy (non-hydrogen) atoms. The average Bonchev–Trinajstić information content (AvgIpc) is 2.73. The first-order chi connectivity index (χ1) is 14.7. The number of carbonyl (C=O) groups is 1. The fourth-order valence-electron chi connectivity index (χ4n) is 3.21. The molecule has 2 aromatic carbocycles. The minimum Gasteiger partial charge on any atom is -0.379 e. The van der Waals surface area contributed by atoms with Crippen molar-refractivity contribution in [3.05, 3.63) is 64.4 Å². The van der Waals surface area contributed by atoms with E-state index in [9.17, 15) is 17.6 Å². The highest BCUT2D eigenvalue weighted by Gasteiger charge is 2.21. The normalized spacial score (nSPS) is 14.9. The van der Waals surface area contributed by atoms with Gasteiger partial charge in [0, 0.05) is 26.2 Å². The van der Waals surface area contributed by atoms with E-state index in [0.717, 1.165) is 55.0 Å². The Morgan fingerprint density at radius 1 is 1.16 bits per heavy atom. The van der Waals surface area contributed by atoms with Crippen LogP contribution in [0, 0.1) is 5.82 Å². The number of hydrogen-bond acceptors (Lipinski definition) is 5. The van der Waals surface area contributed by atoms with Gasteiger partial charge in [-0.2, -0.15) is 0 Å². The zero-order valence-electron chi connectivity index (χ0n) is 17.2. The van der Waals surface area contributed by atoms with E-state index in [1.54, 1.807) is 0 Å². The van der Waals surface area contributed by atoms with E-state index in [4.69, 9.17) is 16.3 Å². The Hall–Kier alpha value is -2.20. The van der Waals surface area contributed by atoms with Crippen LogP contribution in [-0.2, 0) is 32.6 Å². The first kappa shape index (κ1) is 23.5. The highest BCUT2D eigenvalue weighted by molar-refractivity contribution is 7.92. The van der Waals surface area contributed by atoms with Gasteiger partial charge >= 0.3 is 0 Å². The standard InChI is InChI=1S/C21H25ClFN3O4S/c1-31(28,29)26(18-6-7-20(23)19(22)12-18)15-21(27)24-13-16-2-4-17(5-3-16)14-25-8-10-30-11-9-25/h2-7,12H,8-11,13-15H2,1H3,(H,24,27). The van der Waals surface area contributed by atoms with Crippen LogP contribution in [0.4, 0.5) is 10.1 Å². The maximum atomic E-state index is 13.4. The van der Waals surface area contributed by atoms with Crippen molar-refractivity contribution in [1.82, 2.24) is 10.2 Å². The van der Waals surface area contributed by atoms with Gasteiger partial charge in [-0.15, -0.1) is 0 Å². The first-order valence-electron chi connectivity index (χ1n) is 9.80. The summed E-state index contributed by atoms with van der Waals surface area (Å²) in [4.78, 5) is 14.7. The van der Waals surface area contributed by atoms with Gasteiger partial charge in [0.25, 0.3) is 0 Å². The summed E-state index contributed by atoms with van der Waals surface area (Å²) < 4.78 is 43.9. The van der Waals surface area contributed by atoms with Crippen molar-refractivity contribution in [3.63, 3.8) is 0 Å². The second kappa shape index (κ2) is 10.4. The van der Waals surface area contributed by atoms with Gasteiger partial charge in [-0.25, -0.2) is 12.8 Å². The molecule has 0 aliphatic carbocycles. The number of halogens is 2. The van der Waals surface area contributed by atoms with Crippen LogP contribution in [-0.4, -0.2) is 58.3 Å². The molecule has 1 heterocycles. The van der Waals surface area contributed by atoms with Crippen LogP contribution in [0.15, 0.2) is 42.5 Å². The van der Waals surface area contributed by atoms with E-state index in [-0.39, 0.29) is 17.3 Å². The summed E-state index contributed by atoms with van der Waals surface area (Å²) in [6, 6.07) is 11.4. The molecular formula is C21H25ClFN3O4S. The highest BCUT2D eigenvalue weighted by atomic mass is 35.5. The second-order valence-corrected chi connectivity index (χ2v) is 9.66. The van der Waals surface area contributed by atoms with Gasteiger partial charge in [0.05, 0.1) is 30.2 Å². The Morgan fingerprint density at radius 3 is 2.42 bits per heavy atom. The number of hydrogen-bond donors (Lipinski definition) is 1. The fourth-order valence-corrected chi connectivity index (χ4v) is 4.23. The maximum Gasteiger partial charge on any atom is 0.241 e. The van der Waals surface area contributed by atoms with Crippen LogP contribution in [0.5, 0.6) is 0 Å². The van der Waals surface area contributed by atoms with Gasteiger partial charge in [0.2, 0.25) is 15.9 Å². The SMILES string of the molecule is CS(=O)(=O)N(CC(=O)NCc1ccc(CN2CCOCC2)cc1)c1ccc(F)c(Cl)c1. The molecule has 1 amide bonds. The Kier molecular flexibility index (Phi) is 7.88. The number of sulfonamides is 1. The number of ether oxygens (including phenoxy) is 1. The molecule has 3 rings (SSSR count). The molecular weight excluding hydrogens is 445 g/mol. The van der Waals surface area contributed by atoms with Gasteiger partial charge in [0.1, 0.15) is 12.4 Å². The predicted octanol–water partition coefficient (Wildman–Crippen LogP) is 2.39. The molecule has 0 atom stereocenters. The van der Waals surface area contributed by atoms with E-state index >= 15 is 0 Å². The lowest BCUT2D eigenvalue weighted by molar-refractivity contribution is -0.119. The van der Waals surface area contributed by atoms with Crippen molar-refractivity contribution in [3.8, 4) is 0 Å². The summed E-state index contributed by atoms with van der Waals surface area (Å²) >= 11 is 5.75. The molecule has 0 spiro atoms. The summed E-state index contributed by atoms with van der Waals surface area (Å²) in [5, 5.41) is 2.50. The molecule has 2 aromatic rings. The Morgan fingerprint density at radius 2 is 1.81 bits per heavy atom. The summed E-state index contributed by atoms with van der Waals surface area (Å²) in [7, 11) is -3.77. The number of carbonyl (C=O) groups excluding carboxylic acids is 1. The Bertz CT molecular complexity index is 1010. The van der Waals surface area contributed by atoms with E-state index < -0.39 is 28.3 Å². The van der Waals surface area contributed by atoms with Crippen LogP contribution in [0.25, 0.3) is 0 Å². The molecule has 1 N–H and O–H groups in total. The Balaban J connectivity index is 1.56. The molecule has 0 unspecified atom stereocenters. The largest absolute Gasteiger partial charge is 0.379 e. The molecule has 0 bridgehead atoms. The third-order valence-electron chi connectivity index (χ3n) is 4.90. The third kappa shape index (κ3) is 6.90. The zero-order valence-corrected chi connectivity index (χ0v) is 18.8. The number of benzene rings is 2. The van der Waals surface area contributed by atoms with E-state index in [1.165, 1.54) is 17.7 Å². The van der Waals surface area contributed by atoms with Gasteiger partial charge in [-0.3, -0.25) is 14.0 Å². The van der Waals surface area contributed by atoms with Gasteiger partial charge in [-0.05, 0) is 29.3 Å². The Labute approximate surface area is 186 Å². The van der Waals surface area contributed by atoms with Crippen LogP contribution in [0.1, 0.15) is 11.1 Å². The first-order valence-corrected chi connectivity index (χ1v) is 12.0. The summed E-state index contributed by atoms with van der Waals surface area (Å²) in [5.41, 5.74) is 2.19. The predicted molar refractivity (Wildman–Crippen MR) is 118 cm³/mol. The van der Waals surface area contributed by atoms with Crippen LogP contribution < -0.4 is 9.62 Å². The number of nitrogens with one attached hydrogen (secondary N) is 1. The monoisotopic (exact) mass is 469 g/mol. The third-order valence-corrected chi connectivity index (χ3v) is 6.33. The van der Waals surface area contributed by atoms with Crippen molar-refractivity contribution >= 4 is 33.2 Å². The van der Waals surface area contributed by atoms with Gasteiger partial charge in [-0.1, -0.05) is 35.9 Å². The molecule has 168 valence electrons. The second-order valence-electron chi connectivity index (χ2n) is 7.35. The minimum absolute atomic E-state index is 0.122. The number of nitrogens with zero attached hydrogens (tertiary/aromatic N) is 2. The molecule has 1 aliphatic rings. The topological polar surface area (TPSA) is 79.0 Å². The smallest absolute Gasteiger partial charge is 0.241 e. The van der Waals surface area contributed by atoms with Gasteiger partial charge in [0.15, 0.2) is 0 Å². The molecule has 0 radical (unpaired) electrons. The number of anilines is 1. The number of amides is 1. The number of rotatable bonds is 8. The summed E-state index contributed by atoms with van der Waals surface area (Å²) in [6.07, 6.45) is 0.977. The lowest BCUT2D eigenvalue weighted by Crippen LogP contribution is -2.40. The molecule has 1 fully saturated rings. The summed E-state index contributed by atoms with van der Waals surface area (Å²) in [5.74, 6) is -1.15. The van der Waals surface area contributed by atoms with Crippen molar-refractivity contribution in [1.29, 1.82) is 0 Å². The zero-order chi connectivity index (χ0) is 22.4. The molecule has 7 nitrogen and oxygen atoms in total. The van der Waals surface area contributed by atoms with Gasteiger partial charge < -0.3 is 10.1 Å². The van der Waals surface area contributed by atoms with Crippen molar-refractivity contribution in [2.45, 2.75) is 13.1 Å². The molecule has 0 saturated carbocycles. The minimum atomic E-state index is -3.77. The number of morpholine rings is 1. The molecule has 1 saturated heterocycles. The molecule has 10 heteroatoms. The van der Waals surface area contributed by atoms with Crippen LogP contribution in [0.3, 0.4) is 0 Å². The highest BCUT2D eigenvalue weighted by Crippen LogP contribution is 2.24. The quantitative estimate of drug-likeness (QED) is 0.642. The maximum absolute atomic E-state index is 13.4. The van der Waals surface area contributed by atoms with Crippen LogP contribution >= 0.6 is 11.6 Å².